The van der Waals surface area contributed by atoms with E-state index in [-0.39, 0.29) is 12.1 Å². The van der Waals surface area contributed by atoms with E-state index in [1.165, 1.54) is 0 Å². The highest BCUT2D eigenvalue weighted by atomic mass is 16.2. The van der Waals surface area contributed by atoms with Crippen molar-refractivity contribution in [2.75, 3.05) is 43.0 Å². The summed E-state index contributed by atoms with van der Waals surface area (Å²) < 4.78 is 1.99. The van der Waals surface area contributed by atoms with Gasteiger partial charge in [0, 0.05) is 44.8 Å². The summed E-state index contributed by atoms with van der Waals surface area (Å²) >= 11 is 0. The lowest BCUT2D eigenvalue weighted by molar-refractivity contribution is 0.229. The number of fused-ring (bicyclic) bond motifs is 1. The van der Waals surface area contributed by atoms with E-state index in [4.69, 9.17) is 0 Å². The second-order valence-electron chi connectivity index (χ2n) is 7.14. The van der Waals surface area contributed by atoms with Crippen molar-refractivity contribution in [2.24, 2.45) is 0 Å². The number of benzene rings is 1. The maximum atomic E-state index is 12.2. The molecule has 3 aromatic rings. The van der Waals surface area contributed by atoms with Gasteiger partial charge in [0.05, 0.1) is 23.4 Å². The van der Waals surface area contributed by atoms with E-state index >= 15 is 0 Å². The standard InChI is InChI=1S/C19H21N7O/c1-23-8-9-25(19(23)27)15-10-22-26(12-15)14-6-7-24(11-14)18-16-4-2-3-5-17(16)20-13-21-18/h2-5,10,12-14H,6-9,11H2,1H3. The van der Waals surface area contributed by atoms with E-state index in [0.717, 1.165) is 48.5 Å². The quantitative estimate of drug-likeness (QED) is 0.713. The molecular formula is C19H21N7O. The van der Waals surface area contributed by atoms with Crippen molar-refractivity contribution in [3.8, 4) is 0 Å². The predicted molar refractivity (Wildman–Crippen MR) is 103 cm³/mol. The zero-order valence-corrected chi connectivity index (χ0v) is 15.2. The van der Waals surface area contributed by atoms with Gasteiger partial charge in [-0.1, -0.05) is 12.1 Å². The van der Waals surface area contributed by atoms with Gasteiger partial charge in [-0.3, -0.25) is 9.58 Å². The molecule has 2 aliphatic heterocycles. The molecule has 0 spiro atoms. The van der Waals surface area contributed by atoms with Crippen molar-refractivity contribution >= 4 is 28.4 Å². The Hall–Kier alpha value is -3.16. The number of carbonyl (C=O) groups excluding carboxylic acids is 1. The summed E-state index contributed by atoms with van der Waals surface area (Å²) in [7, 11) is 1.83. The third-order valence-corrected chi connectivity index (χ3v) is 5.47. The average Bonchev–Trinajstić information content (AvgIpc) is 3.42. The normalized spacial score (nSPS) is 20.3. The third-order valence-electron chi connectivity index (χ3n) is 5.47. The molecule has 0 aliphatic carbocycles. The number of nitrogens with zero attached hydrogens (tertiary/aromatic N) is 7. The zero-order chi connectivity index (χ0) is 18.4. The molecule has 138 valence electrons. The number of para-hydroxylation sites is 1. The van der Waals surface area contributed by atoms with Gasteiger partial charge >= 0.3 is 6.03 Å². The van der Waals surface area contributed by atoms with E-state index in [1.54, 1.807) is 22.3 Å². The Bertz CT molecular complexity index is 995. The van der Waals surface area contributed by atoms with Crippen molar-refractivity contribution in [1.82, 2.24) is 24.6 Å². The minimum atomic E-state index is 0.0371. The molecule has 5 rings (SSSR count). The van der Waals surface area contributed by atoms with Gasteiger partial charge < -0.3 is 9.80 Å². The molecule has 0 radical (unpaired) electrons. The molecule has 8 nitrogen and oxygen atoms in total. The van der Waals surface area contributed by atoms with Crippen molar-refractivity contribution in [3.05, 3.63) is 43.0 Å². The van der Waals surface area contributed by atoms with E-state index < -0.39 is 0 Å². The molecule has 1 unspecified atom stereocenters. The fourth-order valence-electron chi connectivity index (χ4n) is 3.95. The molecule has 2 aromatic heterocycles. The van der Waals surface area contributed by atoms with Crippen LogP contribution >= 0.6 is 0 Å². The van der Waals surface area contributed by atoms with Crippen LogP contribution in [-0.2, 0) is 0 Å². The highest BCUT2D eigenvalue weighted by Crippen LogP contribution is 2.30. The minimum absolute atomic E-state index is 0.0371. The Morgan fingerprint density at radius 3 is 2.85 bits per heavy atom. The van der Waals surface area contributed by atoms with Crippen molar-refractivity contribution in [3.63, 3.8) is 0 Å². The van der Waals surface area contributed by atoms with Gasteiger partial charge in [-0.25, -0.2) is 14.8 Å². The second kappa shape index (κ2) is 6.22. The monoisotopic (exact) mass is 363 g/mol. The van der Waals surface area contributed by atoms with Gasteiger partial charge in [0.2, 0.25) is 0 Å². The molecule has 2 fully saturated rings. The zero-order valence-electron chi connectivity index (χ0n) is 15.2. The van der Waals surface area contributed by atoms with Crippen LogP contribution in [0.3, 0.4) is 0 Å². The lowest BCUT2D eigenvalue weighted by atomic mass is 10.2. The molecular weight excluding hydrogens is 342 g/mol. The van der Waals surface area contributed by atoms with E-state index in [9.17, 15) is 4.79 Å². The van der Waals surface area contributed by atoms with Crippen LogP contribution in [0.5, 0.6) is 0 Å². The van der Waals surface area contributed by atoms with Crippen LogP contribution in [0.4, 0.5) is 16.3 Å². The summed E-state index contributed by atoms with van der Waals surface area (Å²) in [6.07, 6.45) is 6.41. The largest absolute Gasteiger partial charge is 0.354 e. The van der Waals surface area contributed by atoms with Gasteiger partial charge in [0.15, 0.2) is 0 Å². The number of likely N-dealkylation sites (N-methyl/N-ethyl adjacent to an activating group) is 1. The highest BCUT2D eigenvalue weighted by Gasteiger charge is 2.30. The smallest absolute Gasteiger partial charge is 0.324 e. The van der Waals surface area contributed by atoms with Crippen molar-refractivity contribution in [1.29, 1.82) is 0 Å². The summed E-state index contributed by atoms with van der Waals surface area (Å²) in [4.78, 5) is 26.9. The average molecular weight is 363 g/mol. The van der Waals surface area contributed by atoms with E-state index in [2.05, 4.69) is 26.0 Å². The summed E-state index contributed by atoms with van der Waals surface area (Å²) in [5.41, 5.74) is 1.83. The fraction of sp³-hybridized carbons (Fsp3) is 0.368. The number of hydrogen-bond donors (Lipinski definition) is 0. The molecule has 0 saturated carbocycles. The SMILES string of the molecule is CN1CCN(c2cnn(C3CCN(c4ncnc5ccccc45)C3)c2)C1=O. The maximum Gasteiger partial charge on any atom is 0.324 e. The van der Waals surface area contributed by atoms with Gasteiger partial charge in [-0.15, -0.1) is 0 Å². The number of amides is 2. The number of urea groups is 1. The fourth-order valence-corrected chi connectivity index (χ4v) is 3.95. The number of hydrogen-bond acceptors (Lipinski definition) is 5. The van der Waals surface area contributed by atoms with Gasteiger partial charge in [0.25, 0.3) is 0 Å². The molecule has 2 saturated heterocycles. The Kier molecular flexibility index (Phi) is 3.70. The highest BCUT2D eigenvalue weighted by molar-refractivity contribution is 5.93. The summed E-state index contributed by atoms with van der Waals surface area (Å²) in [5.74, 6) is 0.979. The number of anilines is 2. The maximum absolute atomic E-state index is 12.2. The first-order valence-corrected chi connectivity index (χ1v) is 9.22. The Morgan fingerprint density at radius 2 is 2.00 bits per heavy atom. The minimum Gasteiger partial charge on any atom is -0.354 e. The van der Waals surface area contributed by atoms with Crippen LogP contribution in [0.1, 0.15) is 12.5 Å². The number of rotatable bonds is 3. The first kappa shape index (κ1) is 16.0. The summed E-state index contributed by atoms with van der Waals surface area (Å²) in [5, 5.41) is 5.61. The van der Waals surface area contributed by atoms with Gasteiger partial charge in [-0.2, -0.15) is 5.10 Å². The van der Waals surface area contributed by atoms with Crippen LogP contribution in [0.2, 0.25) is 0 Å². The Labute approximate surface area is 157 Å². The molecule has 27 heavy (non-hydrogen) atoms. The van der Waals surface area contributed by atoms with Crippen LogP contribution in [0.15, 0.2) is 43.0 Å². The third kappa shape index (κ3) is 2.68. The summed E-state index contributed by atoms with van der Waals surface area (Å²) in [6.45, 7) is 3.23. The van der Waals surface area contributed by atoms with Gasteiger partial charge in [0.1, 0.15) is 12.1 Å². The predicted octanol–water partition coefficient (Wildman–Crippen LogP) is 2.15. The molecule has 4 heterocycles. The molecule has 8 heteroatoms. The molecule has 2 aliphatic rings. The topological polar surface area (TPSA) is 70.4 Å². The molecule has 1 atom stereocenters. The van der Waals surface area contributed by atoms with Crippen molar-refractivity contribution in [2.45, 2.75) is 12.5 Å². The molecule has 0 N–H and O–H groups in total. The Balaban J connectivity index is 1.36. The molecule has 1 aromatic carbocycles. The van der Waals surface area contributed by atoms with Crippen LogP contribution in [0.25, 0.3) is 10.9 Å². The van der Waals surface area contributed by atoms with Crippen LogP contribution in [-0.4, -0.2) is 63.9 Å². The first-order chi connectivity index (χ1) is 13.2. The summed E-state index contributed by atoms with van der Waals surface area (Å²) in [6, 6.07) is 8.40. The lowest BCUT2D eigenvalue weighted by Crippen LogP contribution is -2.28. The van der Waals surface area contributed by atoms with E-state index in [1.807, 2.05) is 36.1 Å². The van der Waals surface area contributed by atoms with Crippen LogP contribution in [0, 0.1) is 0 Å². The van der Waals surface area contributed by atoms with Gasteiger partial charge in [-0.05, 0) is 18.6 Å². The lowest BCUT2D eigenvalue weighted by Gasteiger charge is -2.19. The molecule has 0 bridgehead atoms. The Morgan fingerprint density at radius 1 is 1.11 bits per heavy atom. The van der Waals surface area contributed by atoms with Crippen LogP contribution < -0.4 is 9.80 Å². The number of carbonyl (C=O) groups is 1. The first-order valence-electron chi connectivity index (χ1n) is 9.22. The van der Waals surface area contributed by atoms with E-state index in [0.29, 0.717) is 6.54 Å². The second-order valence-corrected chi connectivity index (χ2v) is 7.14. The van der Waals surface area contributed by atoms with Crippen molar-refractivity contribution < 1.29 is 4.79 Å². The number of aromatic nitrogens is 4. The molecule has 2 amide bonds.